The van der Waals surface area contributed by atoms with Gasteiger partial charge in [-0.05, 0) is 12.8 Å². The fraction of sp³-hybridized carbons (Fsp3) is 0.792. The molecule has 0 N–H and O–H groups in total. The maximum Gasteiger partial charge on any atom is 0.512 e. The van der Waals surface area contributed by atoms with E-state index in [1.807, 2.05) is 0 Å². The van der Waals surface area contributed by atoms with Crippen molar-refractivity contribution in [1.29, 1.82) is 0 Å². The summed E-state index contributed by atoms with van der Waals surface area (Å²) < 4.78 is 26.7. The van der Waals surface area contributed by atoms with Gasteiger partial charge >= 0.3 is 6.16 Å². The molecule has 0 bridgehead atoms. The molecule has 0 fully saturated rings. The second-order valence-corrected chi connectivity index (χ2v) is 9.79. The normalized spacial score (nSPS) is 19.5. The van der Waals surface area contributed by atoms with Crippen LogP contribution in [-0.4, -0.2) is 59.0 Å². The van der Waals surface area contributed by atoms with Crippen molar-refractivity contribution in [1.82, 2.24) is 8.75 Å². The fourth-order valence-corrected chi connectivity index (χ4v) is 4.78. The predicted octanol–water partition coefficient (Wildman–Crippen LogP) is 6.06. The zero-order chi connectivity index (χ0) is 23.4. The molecular weight excluding hydrogens is 426 g/mol. The van der Waals surface area contributed by atoms with Crippen LogP contribution in [0, 0.1) is 5.92 Å². The van der Waals surface area contributed by atoms with E-state index >= 15 is 0 Å². The molecule has 182 valence electrons. The van der Waals surface area contributed by atoms with Crippen LogP contribution in [0.2, 0.25) is 0 Å². The van der Waals surface area contributed by atoms with Gasteiger partial charge in [0.2, 0.25) is 6.23 Å². The maximum absolute atomic E-state index is 12.4. The number of carbonyl (C=O) groups is 1. The molecule has 2 unspecified atom stereocenters. The zero-order valence-corrected chi connectivity index (χ0v) is 21.4. The lowest BCUT2D eigenvalue weighted by molar-refractivity contribution is -0.950. The first-order valence-electron chi connectivity index (χ1n) is 12.2. The van der Waals surface area contributed by atoms with Crippen molar-refractivity contribution in [2.24, 2.45) is 5.92 Å². The summed E-state index contributed by atoms with van der Waals surface area (Å²) in [6, 6.07) is 0. The Bertz CT molecular complexity index is 722. The van der Waals surface area contributed by atoms with Crippen molar-refractivity contribution in [3.8, 4) is 5.88 Å². The van der Waals surface area contributed by atoms with Crippen LogP contribution in [0.3, 0.4) is 0 Å². The van der Waals surface area contributed by atoms with Gasteiger partial charge in [-0.15, -0.1) is 4.37 Å². The second-order valence-electron chi connectivity index (χ2n) is 9.26. The molecule has 0 aliphatic carbocycles. The highest BCUT2D eigenvalue weighted by molar-refractivity contribution is 6.99. The molecule has 1 aromatic rings. The molecule has 0 aromatic carbocycles. The summed E-state index contributed by atoms with van der Waals surface area (Å²) >= 11 is 1.19. The van der Waals surface area contributed by atoms with Crippen molar-refractivity contribution < 1.29 is 23.5 Å². The van der Waals surface area contributed by atoms with E-state index in [0.29, 0.717) is 30.1 Å². The number of nitrogens with zero attached hydrogens (tertiary/aromatic N) is 3. The molecule has 2 heterocycles. The Labute approximate surface area is 198 Å². The quantitative estimate of drug-likeness (QED) is 0.188. The first kappa shape index (κ1) is 26.6. The second kappa shape index (κ2) is 13.8. The minimum absolute atomic E-state index is 0.158. The molecule has 0 spiro atoms. The van der Waals surface area contributed by atoms with Gasteiger partial charge in [0.25, 0.3) is 5.88 Å². The summed E-state index contributed by atoms with van der Waals surface area (Å²) in [5, 5.41) is 0. The van der Waals surface area contributed by atoms with Crippen molar-refractivity contribution >= 4 is 23.5 Å². The lowest BCUT2D eigenvalue weighted by Gasteiger charge is -2.44. The molecule has 0 saturated carbocycles. The third-order valence-corrected chi connectivity index (χ3v) is 6.44. The maximum atomic E-state index is 12.4. The Balaban J connectivity index is 2.01. The smallest absolute Gasteiger partial charge is 0.475 e. The van der Waals surface area contributed by atoms with Gasteiger partial charge in [0, 0.05) is 17.9 Å². The molecule has 7 nitrogen and oxygen atoms in total. The van der Waals surface area contributed by atoms with Crippen molar-refractivity contribution in [3.63, 3.8) is 0 Å². The Morgan fingerprint density at radius 1 is 1.09 bits per heavy atom. The van der Waals surface area contributed by atoms with E-state index in [9.17, 15) is 4.79 Å². The Morgan fingerprint density at radius 3 is 2.53 bits per heavy atom. The lowest BCUT2D eigenvalue weighted by Crippen LogP contribution is -2.58. The molecule has 2 rings (SSSR count). The van der Waals surface area contributed by atoms with E-state index in [0.717, 1.165) is 49.9 Å². The first-order chi connectivity index (χ1) is 15.4. The first-order valence-corrected chi connectivity index (χ1v) is 13.0. The third kappa shape index (κ3) is 8.03. The summed E-state index contributed by atoms with van der Waals surface area (Å²) in [5.41, 5.74) is 1.95. The Kier molecular flexibility index (Phi) is 11.4. The molecule has 32 heavy (non-hydrogen) atoms. The van der Waals surface area contributed by atoms with Crippen LogP contribution in [0.5, 0.6) is 5.88 Å². The Morgan fingerprint density at radius 2 is 1.81 bits per heavy atom. The van der Waals surface area contributed by atoms with Gasteiger partial charge < -0.3 is 14.2 Å². The van der Waals surface area contributed by atoms with E-state index in [1.165, 1.54) is 31.0 Å². The summed E-state index contributed by atoms with van der Waals surface area (Å²) in [4.78, 5) is 12.4. The minimum atomic E-state index is -0.568. The molecular formula is C24H42N3O4S+. The number of hydrogen-bond acceptors (Lipinski definition) is 7. The third-order valence-electron chi connectivity index (χ3n) is 5.93. The van der Waals surface area contributed by atoms with Crippen LogP contribution in [0.1, 0.15) is 84.8 Å². The molecule has 2 atom stereocenters. The number of carbonyl (C=O) groups excluding carboxylic acids is 1. The van der Waals surface area contributed by atoms with Gasteiger partial charge in [-0.2, -0.15) is 4.37 Å². The van der Waals surface area contributed by atoms with E-state index in [1.54, 1.807) is 0 Å². The lowest BCUT2D eigenvalue weighted by atomic mass is 10.0. The van der Waals surface area contributed by atoms with Gasteiger partial charge in [-0.25, -0.2) is 4.79 Å². The summed E-state index contributed by atoms with van der Waals surface area (Å²) in [6.45, 7) is 11.2. The van der Waals surface area contributed by atoms with Gasteiger partial charge in [0.15, 0.2) is 0 Å². The van der Waals surface area contributed by atoms with Crippen molar-refractivity contribution in [2.75, 3.05) is 33.4 Å². The van der Waals surface area contributed by atoms with E-state index in [4.69, 9.17) is 14.2 Å². The molecule has 1 aliphatic rings. The number of unbranched alkanes of at least 4 members (excludes halogenated alkanes) is 5. The van der Waals surface area contributed by atoms with Crippen LogP contribution in [0.4, 0.5) is 4.79 Å². The highest BCUT2D eigenvalue weighted by Crippen LogP contribution is 2.33. The highest BCUT2D eigenvalue weighted by Gasteiger charge is 2.41. The number of hydrogen-bond donors (Lipinski definition) is 0. The SMILES string of the molecule is CCCCCCOc1nsnc1C1=CCC[N+](C)(C(OC(=O)OCCCCC)C(C)C)C1. The van der Waals surface area contributed by atoms with Crippen LogP contribution >= 0.6 is 11.7 Å². The van der Waals surface area contributed by atoms with Crippen molar-refractivity contribution in [2.45, 2.75) is 85.3 Å². The van der Waals surface area contributed by atoms with Crippen molar-refractivity contribution in [3.05, 3.63) is 11.8 Å². The number of ether oxygens (including phenoxy) is 3. The molecule has 0 radical (unpaired) electrons. The van der Waals surface area contributed by atoms with Gasteiger partial charge in [0.1, 0.15) is 12.2 Å². The van der Waals surface area contributed by atoms with E-state index in [2.05, 4.69) is 49.6 Å². The number of likely N-dealkylation sites (N-methyl/N-ethyl adjacent to an activating group) is 1. The minimum Gasteiger partial charge on any atom is -0.475 e. The average molecular weight is 469 g/mol. The van der Waals surface area contributed by atoms with Crippen LogP contribution < -0.4 is 4.74 Å². The van der Waals surface area contributed by atoms with Gasteiger partial charge in [0.05, 0.1) is 38.5 Å². The van der Waals surface area contributed by atoms with Crippen LogP contribution in [0.15, 0.2) is 6.08 Å². The molecule has 1 aromatic heterocycles. The van der Waals surface area contributed by atoms with Crippen LogP contribution in [0.25, 0.3) is 5.57 Å². The zero-order valence-electron chi connectivity index (χ0n) is 20.6. The summed E-state index contributed by atoms with van der Waals surface area (Å²) in [5.74, 6) is 0.786. The molecule has 1 aliphatic heterocycles. The summed E-state index contributed by atoms with van der Waals surface area (Å²) in [6.07, 6.45) is 9.89. The van der Waals surface area contributed by atoms with Crippen LogP contribution in [-0.2, 0) is 9.47 Å². The Hall–Kier alpha value is -1.67. The highest BCUT2D eigenvalue weighted by atomic mass is 32.1. The van der Waals surface area contributed by atoms with E-state index in [-0.39, 0.29) is 12.1 Å². The number of aromatic nitrogens is 2. The fourth-order valence-electron chi connectivity index (χ4n) is 4.25. The van der Waals surface area contributed by atoms with Gasteiger partial charge in [-0.1, -0.05) is 65.9 Å². The molecule has 8 heteroatoms. The monoisotopic (exact) mass is 468 g/mol. The number of quaternary nitrogens is 1. The van der Waals surface area contributed by atoms with Gasteiger partial charge in [-0.3, -0.25) is 4.48 Å². The molecule has 0 amide bonds. The largest absolute Gasteiger partial charge is 0.512 e. The summed E-state index contributed by atoms with van der Waals surface area (Å²) in [7, 11) is 2.15. The predicted molar refractivity (Wildman–Crippen MR) is 129 cm³/mol. The molecule has 0 saturated heterocycles. The number of rotatable bonds is 14. The average Bonchev–Trinajstić information content (AvgIpc) is 3.23. The van der Waals surface area contributed by atoms with E-state index < -0.39 is 6.16 Å². The topological polar surface area (TPSA) is 70.5 Å². The standard InChI is InChI=1S/C24H42N3O4S/c1-6-8-10-12-16-29-22-21(25-32-26-22)20-14-13-15-27(5,18-20)23(19(3)4)31-24(28)30-17-11-9-7-2/h14,19,23H,6-13,15-18H2,1-5H3/q+1.